The lowest BCUT2D eigenvalue weighted by Crippen LogP contribution is -2.43. The summed E-state index contributed by atoms with van der Waals surface area (Å²) in [6, 6.07) is 10.8. The second kappa shape index (κ2) is 9.57. The summed E-state index contributed by atoms with van der Waals surface area (Å²) in [4.78, 5) is 14.6. The highest BCUT2D eigenvalue weighted by Crippen LogP contribution is 2.32. The van der Waals surface area contributed by atoms with E-state index in [0.717, 1.165) is 53.8 Å². The molecule has 2 saturated heterocycles. The Labute approximate surface area is 216 Å². The van der Waals surface area contributed by atoms with Crippen molar-refractivity contribution in [2.75, 3.05) is 31.5 Å². The maximum Gasteiger partial charge on any atom is 0.247 e. The predicted molar refractivity (Wildman–Crippen MR) is 148 cm³/mol. The lowest BCUT2D eigenvalue weighted by atomic mass is 10.1. The van der Waals surface area contributed by atoms with Gasteiger partial charge in [0.05, 0.1) is 11.6 Å². The van der Waals surface area contributed by atoms with Crippen molar-refractivity contribution in [1.82, 2.24) is 24.0 Å². The molecule has 1 unspecified atom stereocenters. The summed E-state index contributed by atoms with van der Waals surface area (Å²) >= 11 is 1.86. The predicted octanol–water partition coefficient (Wildman–Crippen LogP) is 5.44. The average Bonchev–Trinajstić information content (AvgIpc) is 3.38. The van der Waals surface area contributed by atoms with Crippen molar-refractivity contribution < 1.29 is 4.79 Å². The van der Waals surface area contributed by atoms with Gasteiger partial charge in [-0.15, -0.1) is 0 Å². The summed E-state index contributed by atoms with van der Waals surface area (Å²) in [5.74, 6) is -0.0243. The first-order valence-corrected chi connectivity index (χ1v) is 13.8. The molecule has 6 rings (SSSR count). The highest BCUT2D eigenvalue weighted by atomic mass is 32.2. The molecule has 2 fully saturated rings. The minimum Gasteiger partial charge on any atom is -0.335 e. The number of rotatable bonds is 6. The van der Waals surface area contributed by atoms with E-state index in [4.69, 9.17) is 5.10 Å². The Kier molecular flexibility index (Phi) is 6.27. The van der Waals surface area contributed by atoms with Gasteiger partial charge in [-0.25, -0.2) is 4.31 Å². The molecule has 0 saturated carbocycles. The quantitative estimate of drug-likeness (QED) is 0.344. The molecule has 0 spiro atoms. The zero-order chi connectivity index (χ0) is 24.8. The normalized spacial score (nSPS) is 18.0. The van der Waals surface area contributed by atoms with Gasteiger partial charge in [-0.3, -0.25) is 9.48 Å². The van der Waals surface area contributed by atoms with Crippen LogP contribution < -0.4 is 10.6 Å². The van der Waals surface area contributed by atoms with Crippen LogP contribution in [0.1, 0.15) is 49.4 Å². The van der Waals surface area contributed by atoms with Crippen molar-refractivity contribution in [3.05, 3.63) is 53.9 Å². The van der Waals surface area contributed by atoms with Gasteiger partial charge < -0.3 is 15.2 Å². The van der Waals surface area contributed by atoms with Crippen molar-refractivity contribution in [1.29, 1.82) is 0 Å². The fourth-order valence-corrected chi connectivity index (χ4v) is 6.28. The number of fused-ring (bicyclic) bond motifs is 2. The number of aromatic nitrogens is 3. The van der Waals surface area contributed by atoms with Crippen LogP contribution >= 0.6 is 11.9 Å². The molecular weight excluding hydrogens is 468 g/mol. The molecule has 2 aromatic heterocycles. The van der Waals surface area contributed by atoms with Crippen molar-refractivity contribution in [3.63, 3.8) is 0 Å². The van der Waals surface area contributed by atoms with Gasteiger partial charge in [-0.2, -0.15) is 5.10 Å². The lowest BCUT2D eigenvalue weighted by Gasteiger charge is -2.27. The van der Waals surface area contributed by atoms with E-state index in [2.05, 4.69) is 63.1 Å². The van der Waals surface area contributed by atoms with E-state index in [-0.39, 0.29) is 11.9 Å². The summed E-state index contributed by atoms with van der Waals surface area (Å²) < 4.78 is 6.61. The second-order valence-corrected chi connectivity index (χ2v) is 11.5. The average molecular weight is 503 g/mol. The fourth-order valence-electron chi connectivity index (χ4n) is 5.24. The monoisotopic (exact) mass is 502 g/mol. The molecule has 0 aliphatic carbocycles. The molecular formula is C28H34N6OS. The van der Waals surface area contributed by atoms with Gasteiger partial charge in [-0.05, 0) is 87.0 Å². The van der Waals surface area contributed by atoms with Gasteiger partial charge in [0.15, 0.2) is 0 Å². The Balaban J connectivity index is 1.21. The van der Waals surface area contributed by atoms with Gasteiger partial charge in [0, 0.05) is 65.4 Å². The van der Waals surface area contributed by atoms with Gasteiger partial charge in [0.1, 0.15) is 6.04 Å². The number of nitrogens with one attached hydrogen (secondary N) is 2. The van der Waals surface area contributed by atoms with E-state index in [9.17, 15) is 4.79 Å². The van der Waals surface area contributed by atoms with Gasteiger partial charge in [-0.1, -0.05) is 6.42 Å². The first-order chi connectivity index (χ1) is 17.5. The summed E-state index contributed by atoms with van der Waals surface area (Å²) in [6.07, 6.45) is 8.11. The third kappa shape index (κ3) is 4.42. The Hall–Kier alpha value is -2.81. The van der Waals surface area contributed by atoms with Crippen LogP contribution in [-0.2, 0) is 4.79 Å². The summed E-state index contributed by atoms with van der Waals surface area (Å²) in [7, 11) is 0. The van der Waals surface area contributed by atoms with Crippen LogP contribution in [0, 0.1) is 13.8 Å². The van der Waals surface area contributed by atoms with E-state index in [1.165, 1.54) is 35.1 Å². The SMILES string of the molecule is Cc1cc2cn(C3CNC3)nc2cc1NC(=O)C(C)n1cc(C)c2cc(SN3CCCCC3)ccc21. The molecule has 2 aromatic carbocycles. The minimum absolute atomic E-state index is 0.0243. The van der Waals surface area contributed by atoms with Crippen LogP contribution in [0.4, 0.5) is 5.69 Å². The molecule has 4 aromatic rings. The summed E-state index contributed by atoms with van der Waals surface area (Å²) in [5, 5.41) is 13.5. The number of piperidine rings is 1. The molecule has 36 heavy (non-hydrogen) atoms. The molecule has 2 aliphatic heterocycles. The lowest BCUT2D eigenvalue weighted by molar-refractivity contribution is -0.118. The van der Waals surface area contributed by atoms with Gasteiger partial charge >= 0.3 is 0 Å². The highest BCUT2D eigenvalue weighted by molar-refractivity contribution is 7.97. The number of hydrogen-bond acceptors (Lipinski definition) is 5. The third-order valence-electron chi connectivity index (χ3n) is 7.61. The first-order valence-electron chi connectivity index (χ1n) is 13.0. The smallest absolute Gasteiger partial charge is 0.247 e. The van der Waals surface area contributed by atoms with Crippen LogP contribution in [0.2, 0.25) is 0 Å². The van der Waals surface area contributed by atoms with Crippen molar-refractivity contribution >= 4 is 45.3 Å². The van der Waals surface area contributed by atoms with Crippen LogP contribution in [0.5, 0.6) is 0 Å². The minimum atomic E-state index is -0.337. The van der Waals surface area contributed by atoms with Crippen LogP contribution in [-0.4, -0.2) is 50.7 Å². The van der Waals surface area contributed by atoms with Crippen LogP contribution in [0.25, 0.3) is 21.8 Å². The molecule has 8 heteroatoms. The molecule has 2 N–H and O–H groups in total. The van der Waals surface area contributed by atoms with E-state index >= 15 is 0 Å². The Morgan fingerprint density at radius 2 is 1.89 bits per heavy atom. The highest BCUT2D eigenvalue weighted by Gasteiger charge is 2.22. The van der Waals surface area contributed by atoms with Crippen molar-refractivity contribution in [2.24, 2.45) is 0 Å². The number of hydrogen-bond donors (Lipinski definition) is 2. The molecule has 0 bridgehead atoms. The van der Waals surface area contributed by atoms with E-state index in [1.54, 1.807) is 0 Å². The summed E-state index contributed by atoms with van der Waals surface area (Å²) in [6.45, 7) is 10.4. The fraction of sp³-hybridized carbons (Fsp3) is 0.429. The second-order valence-electron chi connectivity index (χ2n) is 10.3. The number of carbonyl (C=O) groups excluding carboxylic acids is 1. The van der Waals surface area contributed by atoms with E-state index < -0.39 is 0 Å². The van der Waals surface area contributed by atoms with Crippen molar-refractivity contribution in [3.8, 4) is 0 Å². The molecule has 2 aliphatic rings. The zero-order valence-corrected chi connectivity index (χ0v) is 22.1. The van der Waals surface area contributed by atoms with E-state index in [0.29, 0.717) is 6.04 Å². The molecule has 4 heterocycles. The maximum absolute atomic E-state index is 13.4. The number of anilines is 1. The Morgan fingerprint density at radius 1 is 1.08 bits per heavy atom. The van der Waals surface area contributed by atoms with Gasteiger partial charge in [0.2, 0.25) is 5.91 Å². The number of aryl methyl sites for hydroxylation is 2. The number of carbonyl (C=O) groups is 1. The third-order valence-corrected chi connectivity index (χ3v) is 8.70. The Morgan fingerprint density at radius 3 is 2.64 bits per heavy atom. The molecule has 1 amide bonds. The first kappa shape index (κ1) is 23.6. The molecule has 0 radical (unpaired) electrons. The molecule has 1 atom stereocenters. The van der Waals surface area contributed by atoms with Gasteiger partial charge in [0.25, 0.3) is 0 Å². The summed E-state index contributed by atoms with van der Waals surface area (Å²) in [5.41, 5.74) is 5.07. The molecule has 188 valence electrons. The van der Waals surface area contributed by atoms with Crippen LogP contribution in [0.15, 0.2) is 47.6 Å². The van der Waals surface area contributed by atoms with E-state index in [1.807, 2.05) is 36.5 Å². The number of nitrogens with zero attached hydrogens (tertiary/aromatic N) is 4. The largest absolute Gasteiger partial charge is 0.335 e. The van der Waals surface area contributed by atoms with Crippen LogP contribution in [0.3, 0.4) is 0 Å². The standard InChI is InChI=1S/C28H34N6OS/c1-18-11-21-17-34(22-14-29-15-22)31-26(21)13-25(18)30-28(35)20(3)33-16-19(2)24-12-23(7-8-27(24)33)36-32-9-5-4-6-10-32/h7-8,11-13,16-17,20,22,29H,4-6,9-10,14-15H2,1-3H3,(H,30,35). The maximum atomic E-state index is 13.4. The number of benzene rings is 2. The van der Waals surface area contributed by atoms with Crippen molar-refractivity contribution in [2.45, 2.75) is 57.0 Å². The number of amides is 1. The Bertz CT molecular complexity index is 1430. The molecule has 7 nitrogen and oxygen atoms in total. The zero-order valence-electron chi connectivity index (χ0n) is 21.3. The topological polar surface area (TPSA) is 67.1 Å².